The van der Waals surface area contributed by atoms with Crippen molar-refractivity contribution < 1.29 is 19.3 Å². The number of benzene rings is 1. The molecule has 5 heteroatoms. The average Bonchev–Trinajstić information content (AvgIpc) is 2.88. The van der Waals surface area contributed by atoms with Gasteiger partial charge in [0.05, 0.1) is 25.4 Å². The Morgan fingerprint density at radius 2 is 2.19 bits per heavy atom. The molecule has 2 N–H and O–H groups in total. The van der Waals surface area contributed by atoms with Crippen molar-refractivity contribution in [3.8, 4) is 5.75 Å². The summed E-state index contributed by atoms with van der Waals surface area (Å²) in [6.45, 7) is 3.99. The largest absolute Gasteiger partial charge is 0.488 e. The van der Waals surface area contributed by atoms with E-state index in [1.54, 1.807) is 7.11 Å². The van der Waals surface area contributed by atoms with Crippen LogP contribution in [0, 0.1) is 0 Å². The number of aliphatic hydroxyl groups excluding tert-OH is 1. The summed E-state index contributed by atoms with van der Waals surface area (Å²) in [6, 6.07) is 8.10. The third-order valence-corrected chi connectivity index (χ3v) is 3.44. The fraction of sp³-hybridized carbons (Fsp3) is 0.625. The summed E-state index contributed by atoms with van der Waals surface area (Å²) in [6.07, 6.45) is 0.536. The third kappa shape index (κ3) is 5.28. The van der Waals surface area contributed by atoms with Gasteiger partial charge in [0.25, 0.3) is 0 Å². The second kappa shape index (κ2) is 8.34. The van der Waals surface area contributed by atoms with Gasteiger partial charge in [0.1, 0.15) is 11.9 Å². The predicted molar refractivity (Wildman–Crippen MR) is 80.7 cm³/mol. The van der Waals surface area contributed by atoms with Crippen molar-refractivity contribution in [2.45, 2.75) is 31.7 Å². The van der Waals surface area contributed by atoms with Gasteiger partial charge in [-0.05, 0) is 18.6 Å². The number of methoxy groups -OCH3 is 1. The van der Waals surface area contributed by atoms with Crippen molar-refractivity contribution >= 4 is 0 Å². The molecule has 2 rings (SSSR count). The van der Waals surface area contributed by atoms with Crippen LogP contribution < -0.4 is 10.1 Å². The van der Waals surface area contributed by atoms with Crippen molar-refractivity contribution in [3.05, 3.63) is 29.8 Å². The molecular weight excluding hydrogens is 270 g/mol. The lowest BCUT2D eigenvalue weighted by Gasteiger charge is -2.17. The smallest absolute Gasteiger partial charge is 0.123 e. The first-order valence-corrected chi connectivity index (χ1v) is 7.43. The summed E-state index contributed by atoms with van der Waals surface area (Å²) < 4.78 is 16.3. The van der Waals surface area contributed by atoms with Crippen LogP contribution in [0.5, 0.6) is 5.75 Å². The molecule has 1 aromatic carbocycles. The second-order valence-electron chi connectivity index (χ2n) is 5.46. The lowest BCUT2D eigenvalue weighted by atomic mass is 10.1. The number of para-hydroxylation sites is 1. The molecular formula is C16H25NO4. The summed E-state index contributed by atoms with van der Waals surface area (Å²) in [5.41, 5.74) is 1.25. The molecule has 3 atom stereocenters. The highest BCUT2D eigenvalue weighted by Crippen LogP contribution is 2.27. The first kappa shape index (κ1) is 16.2. The van der Waals surface area contributed by atoms with Crippen LogP contribution in [0.25, 0.3) is 0 Å². The summed E-state index contributed by atoms with van der Waals surface area (Å²) in [7, 11) is 1.64. The first-order valence-electron chi connectivity index (χ1n) is 7.43. The van der Waals surface area contributed by atoms with Crippen LogP contribution in [-0.2, 0) is 15.9 Å². The van der Waals surface area contributed by atoms with Crippen LogP contribution in [-0.4, -0.2) is 56.8 Å². The number of rotatable bonds is 9. The fourth-order valence-electron chi connectivity index (χ4n) is 2.40. The molecule has 3 unspecified atom stereocenters. The van der Waals surface area contributed by atoms with E-state index < -0.39 is 6.10 Å². The summed E-state index contributed by atoms with van der Waals surface area (Å²) in [5, 5.41) is 13.1. The fourth-order valence-corrected chi connectivity index (χ4v) is 2.40. The van der Waals surface area contributed by atoms with E-state index in [1.165, 1.54) is 5.56 Å². The topological polar surface area (TPSA) is 60.0 Å². The molecule has 1 aliphatic rings. The Hall–Kier alpha value is -1.14. The van der Waals surface area contributed by atoms with Gasteiger partial charge in [-0.25, -0.2) is 0 Å². The normalized spacial score (nSPS) is 19.9. The zero-order valence-electron chi connectivity index (χ0n) is 12.7. The summed E-state index contributed by atoms with van der Waals surface area (Å²) >= 11 is 0. The number of ether oxygens (including phenoxy) is 3. The minimum Gasteiger partial charge on any atom is -0.488 e. The van der Waals surface area contributed by atoms with Crippen molar-refractivity contribution in [2.75, 3.05) is 33.4 Å². The van der Waals surface area contributed by atoms with Gasteiger partial charge in [-0.1, -0.05) is 18.2 Å². The van der Waals surface area contributed by atoms with Crippen LogP contribution in [0.2, 0.25) is 0 Å². The molecule has 0 saturated carbocycles. The standard InChI is InChI=1S/C16H25NO4/c1-12(10-19-2)20-11-14(18)8-17-9-15-7-13-5-3-4-6-16(13)21-15/h3-6,12,14-15,17-18H,7-11H2,1-2H3. The minimum absolute atomic E-state index is 0.00249. The molecule has 5 nitrogen and oxygen atoms in total. The molecule has 21 heavy (non-hydrogen) atoms. The van der Waals surface area contributed by atoms with Crippen LogP contribution in [0.3, 0.4) is 0 Å². The maximum Gasteiger partial charge on any atom is 0.123 e. The van der Waals surface area contributed by atoms with Gasteiger partial charge in [-0.15, -0.1) is 0 Å². The van der Waals surface area contributed by atoms with Crippen LogP contribution in [0.4, 0.5) is 0 Å². The molecule has 0 aliphatic carbocycles. The number of fused-ring (bicyclic) bond motifs is 1. The van der Waals surface area contributed by atoms with E-state index in [-0.39, 0.29) is 12.2 Å². The van der Waals surface area contributed by atoms with Crippen molar-refractivity contribution in [3.63, 3.8) is 0 Å². The Bertz CT molecular complexity index is 401. The van der Waals surface area contributed by atoms with Gasteiger partial charge >= 0.3 is 0 Å². The molecule has 0 aromatic heterocycles. The number of aliphatic hydroxyl groups is 1. The highest BCUT2D eigenvalue weighted by molar-refractivity contribution is 5.37. The van der Waals surface area contributed by atoms with E-state index in [9.17, 15) is 5.11 Å². The molecule has 1 aliphatic heterocycles. The number of hydrogen-bond donors (Lipinski definition) is 2. The summed E-state index contributed by atoms with van der Waals surface area (Å²) in [5.74, 6) is 0.974. The van der Waals surface area contributed by atoms with Gasteiger partial charge in [0, 0.05) is 26.6 Å². The minimum atomic E-state index is -0.520. The molecule has 118 valence electrons. The van der Waals surface area contributed by atoms with Gasteiger partial charge in [0.15, 0.2) is 0 Å². The molecule has 0 bridgehead atoms. The van der Waals surface area contributed by atoms with E-state index in [0.29, 0.717) is 19.8 Å². The maximum absolute atomic E-state index is 9.84. The lowest BCUT2D eigenvalue weighted by molar-refractivity contribution is -0.0313. The van der Waals surface area contributed by atoms with Gasteiger partial charge in [-0.3, -0.25) is 0 Å². The zero-order chi connectivity index (χ0) is 15.1. The zero-order valence-corrected chi connectivity index (χ0v) is 12.7. The Morgan fingerprint density at radius 3 is 2.95 bits per heavy atom. The SMILES string of the molecule is COCC(C)OCC(O)CNCC1Cc2ccccc2O1. The quantitative estimate of drug-likeness (QED) is 0.711. The lowest BCUT2D eigenvalue weighted by Crippen LogP contribution is -2.37. The molecule has 0 fully saturated rings. The average molecular weight is 295 g/mol. The van der Waals surface area contributed by atoms with Crippen molar-refractivity contribution in [1.29, 1.82) is 0 Å². The molecule has 1 heterocycles. The van der Waals surface area contributed by atoms with Crippen LogP contribution in [0.1, 0.15) is 12.5 Å². The molecule has 0 spiro atoms. The molecule has 0 amide bonds. The highest BCUT2D eigenvalue weighted by atomic mass is 16.5. The van der Waals surface area contributed by atoms with Gasteiger partial charge < -0.3 is 24.6 Å². The molecule has 0 radical (unpaired) electrons. The Morgan fingerprint density at radius 1 is 1.38 bits per heavy atom. The highest BCUT2D eigenvalue weighted by Gasteiger charge is 2.21. The maximum atomic E-state index is 9.84. The summed E-state index contributed by atoms with van der Waals surface area (Å²) in [4.78, 5) is 0. The molecule has 0 saturated heterocycles. The van der Waals surface area contributed by atoms with E-state index >= 15 is 0 Å². The Kier molecular flexibility index (Phi) is 6.45. The van der Waals surface area contributed by atoms with E-state index in [0.717, 1.165) is 18.7 Å². The number of hydrogen-bond acceptors (Lipinski definition) is 5. The van der Waals surface area contributed by atoms with E-state index in [4.69, 9.17) is 14.2 Å². The van der Waals surface area contributed by atoms with Crippen LogP contribution in [0.15, 0.2) is 24.3 Å². The van der Waals surface area contributed by atoms with E-state index in [2.05, 4.69) is 11.4 Å². The predicted octanol–water partition coefficient (Wildman–Crippen LogP) is 0.992. The first-order chi connectivity index (χ1) is 10.2. The van der Waals surface area contributed by atoms with Crippen molar-refractivity contribution in [1.82, 2.24) is 5.32 Å². The van der Waals surface area contributed by atoms with Gasteiger partial charge in [0.2, 0.25) is 0 Å². The second-order valence-corrected chi connectivity index (χ2v) is 5.46. The monoisotopic (exact) mass is 295 g/mol. The van der Waals surface area contributed by atoms with Crippen molar-refractivity contribution in [2.24, 2.45) is 0 Å². The Labute approximate surface area is 126 Å². The third-order valence-electron chi connectivity index (χ3n) is 3.44. The number of nitrogens with one attached hydrogen (secondary N) is 1. The van der Waals surface area contributed by atoms with E-state index in [1.807, 2.05) is 25.1 Å². The molecule has 1 aromatic rings. The van der Waals surface area contributed by atoms with Crippen LogP contribution >= 0.6 is 0 Å². The van der Waals surface area contributed by atoms with Gasteiger partial charge in [-0.2, -0.15) is 0 Å². The Balaban J connectivity index is 1.58.